The van der Waals surface area contributed by atoms with Crippen LogP contribution in [0.2, 0.25) is 0 Å². The summed E-state index contributed by atoms with van der Waals surface area (Å²) in [6.07, 6.45) is -4.33. The molecule has 10 aromatic rings. The lowest BCUT2D eigenvalue weighted by atomic mass is 9.87. The second kappa shape index (κ2) is 48.6. The zero-order chi connectivity index (χ0) is 85.6. The van der Waals surface area contributed by atoms with Crippen LogP contribution >= 0.6 is 0 Å². The highest BCUT2D eigenvalue weighted by atomic mass is 32.2. The Morgan fingerprint density at radius 3 is 1.03 bits per heavy atom. The maximum absolute atomic E-state index is 12.4. The lowest BCUT2D eigenvalue weighted by molar-refractivity contribution is -0.153. The van der Waals surface area contributed by atoms with E-state index in [2.05, 4.69) is 172 Å². The second-order valence-corrected chi connectivity index (χ2v) is 47.6. The quantitative estimate of drug-likeness (QED) is 0.0789. The number of ether oxygens (including phenoxy) is 11. The molecular formula is C98H126F3O13S7+7. The fourth-order valence-corrected chi connectivity index (χ4v) is 28.7. The van der Waals surface area contributed by atoms with Gasteiger partial charge in [-0.3, -0.25) is 0 Å². The lowest BCUT2D eigenvalue weighted by Gasteiger charge is -2.21. The van der Waals surface area contributed by atoms with Gasteiger partial charge in [-0.05, 0) is 168 Å². The van der Waals surface area contributed by atoms with Crippen molar-refractivity contribution in [1.82, 2.24) is 0 Å². The maximum atomic E-state index is 12.4. The molecule has 0 bridgehead atoms. The van der Waals surface area contributed by atoms with Crippen molar-refractivity contribution in [2.24, 2.45) is 0 Å². The van der Waals surface area contributed by atoms with Gasteiger partial charge in [0, 0.05) is 127 Å². The molecule has 0 spiro atoms. The Kier molecular flexibility index (Phi) is 38.4. The van der Waals surface area contributed by atoms with Crippen LogP contribution in [-0.4, -0.2) is 222 Å². The van der Waals surface area contributed by atoms with E-state index >= 15 is 0 Å². The van der Waals surface area contributed by atoms with E-state index in [0.717, 1.165) is 166 Å². The van der Waals surface area contributed by atoms with Crippen LogP contribution in [0.3, 0.4) is 0 Å². The molecule has 7 aliphatic heterocycles. The third kappa shape index (κ3) is 30.0. The standard InChI is InChI=1S/C17H21O3S.C16H16F3O2S.C14H14O2S.C14H21O2S.C14H21OS.C13H19OS.C10H12O2S/c1-18-8-9-20-16-6-7-17(21-12-10-19-11-13-21)15-5-3-2-4-14(15)16;17-16(18,19)11-21-14-5-6-15(22-9-7-20-8-10-22)13-4-2-1-3-12(13)14;15-13-5-6-14(17-9-7-16-8-10-17)12-4-2-1-3-11(12)13;1-14(2,3)16-12-4-6-13(7-5-12)17-10-8-15-9-11-17;1-14(2,3)12-4-6-13(7-5-12)16-10-8-15-9-11-16;1-10-8-11(2)13(12(3)9-10)15-6-4-14-5-7-15;11-9-1-3-10(4-2-9)13-7-5-12-6-8-13/h2-7H,8-13H2,1H3;1-6H,7-11H2;1-6H,7-10H2;4-7H,8-11H2,1-3H3;4-7H,8-11H2,1-3H3;8-9H,4-7H2,1-3H3;1-4H,5-8H2/q2*+1;;3*+1;/p+2. The first-order valence-electron chi connectivity index (χ1n) is 42.1. The van der Waals surface area contributed by atoms with Gasteiger partial charge in [0.25, 0.3) is 0 Å². The summed E-state index contributed by atoms with van der Waals surface area (Å²) in [6, 6.07) is 65.9. The van der Waals surface area contributed by atoms with Crippen LogP contribution in [-0.2, 0) is 120 Å². The van der Waals surface area contributed by atoms with E-state index in [1.807, 2.05) is 66.7 Å². The highest BCUT2D eigenvalue weighted by Crippen LogP contribution is 2.38. The number of benzene rings is 10. The zero-order valence-electron chi connectivity index (χ0n) is 72.3. The number of fused-ring (bicyclic) bond motifs is 3. The lowest BCUT2D eigenvalue weighted by Crippen LogP contribution is -2.27. The molecule has 7 fully saturated rings. The fraction of sp³-hybridized carbons (Fsp3) is 0.449. The van der Waals surface area contributed by atoms with Crippen LogP contribution in [0.25, 0.3) is 32.3 Å². The molecule has 7 aliphatic rings. The maximum Gasteiger partial charge on any atom is 0.422 e. The van der Waals surface area contributed by atoms with Crippen LogP contribution in [0.4, 0.5) is 13.2 Å². The Hall–Kier alpha value is -6.10. The number of aromatic hydroxyl groups is 2. The molecule has 0 aromatic heterocycles. The summed E-state index contributed by atoms with van der Waals surface area (Å²) in [5.74, 6) is 18.7. The summed E-state index contributed by atoms with van der Waals surface area (Å²) in [5, 5.41) is 25.4. The van der Waals surface area contributed by atoms with E-state index in [-0.39, 0.29) is 38.6 Å². The SMILES string of the molecule is CC(C)(C)Oc1ccc([S+]2CCOCC2)cc1.CC(C)(C)c1ccc([S+]2CCOCC2)cc1.COCCOc1ccc([S+]2CCOCC2)c2ccccc12.Cc1cc(C)c([S+]2CCOCC2)c(C)c1.FC(F)(F)COc1ccc([S+]2CCOCC2)c2ccccc12.Oc1ccc([S+]2CCOCC2)c2ccccc12.Oc1ccc([S+]2CCOCC2)cc1. The third-order valence-electron chi connectivity index (χ3n) is 20.8. The van der Waals surface area contributed by atoms with Crippen LogP contribution in [0.1, 0.15) is 63.8 Å². The average Bonchev–Trinajstić information content (AvgIpc) is 0.801. The zero-order valence-corrected chi connectivity index (χ0v) is 78.0. The summed E-state index contributed by atoms with van der Waals surface area (Å²) < 4.78 is 96.7. The Balaban J connectivity index is 0.000000139. The first-order valence-corrected chi connectivity index (χ1v) is 53.0. The van der Waals surface area contributed by atoms with Gasteiger partial charge in [0.15, 0.2) is 40.9 Å². The van der Waals surface area contributed by atoms with E-state index in [0.29, 0.717) is 79.2 Å². The molecule has 0 radical (unpaired) electrons. The van der Waals surface area contributed by atoms with E-state index < -0.39 is 12.8 Å². The highest BCUT2D eigenvalue weighted by molar-refractivity contribution is 7.98. The topological polar surface area (TPSA) is 142 Å². The Morgan fingerprint density at radius 1 is 0.347 bits per heavy atom. The van der Waals surface area contributed by atoms with Crippen molar-refractivity contribution in [1.29, 1.82) is 0 Å². The molecule has 13 nitrogen and oxygen atoms in total. The first-order chi connectivity index (χ1) is 58.5. The number of alkyl halides is 3. The predicted molar refractivity (Wildman–Crippen MR) is 506 cm³/mol. The number of phenolic OH excluding ortho intramolecular Hbond substituents is 2. The van der Waals surface area contributed by atoms with Crippen LogP contribution in [0.15, 0.2) is 228 Å². The van der Waals surface area contributed by atoms with Crippen molar-refractivity contribution < 1.29 is 75.5 Å². The van der Waals surface area contributed by atoms with Gasteiger partial charge >= 0.3 is 6.18 Å². The molecule has 121 heavy (non-hydrogen) atoms. The van der Waals surface area contributed by atoms with E-state index in [4.69, 9.17) is 57.2 Å². The van der Waals surface area contributed by atoms with E-state index in [1.54, 1.807) is 30.2 Å². The normalized spacial score (nSPS) is 17.6. The van der Waals surface area contributed by atoms with Gasteiger partial charge in [-0.2, -0.15) is 13.2 Å². The van der Waals surface area contributed by atoms with E-state index in [9.17, 15) is 18.3 Å². The molecule has 17 rings (SSSR count). The molecule has 23 heteroatoms. The van der Waals surface area contributed by atoms with Crippen molar-refractivity contribution in [3.63, 3.8) is 0 Å². The summed E-state index contributed by atoms with van der Waals surface area (Å²) in [5.41, 5.74) is 5.88. The number of hydrogen-bond acceptors (Lipinski definition) is 13. The van der Waals surface area contributed by atoms with Gasteiger partial charge in [-0.25, -0.2) is 0 Å². The summed E-state index contributed by atoms with van der Waals surface area (Å²) in [6.45, 7) is 31.9. The Bertz CT molecular complexity index is 4710. The minimum Gasteiger partial charge on any atom is -0.508 e. The summed E-state index contributed by atoms with van der Waals surface area (Å²) >= 11 is 0. The largest absolute Gasteiger partial charge is 0.508 e. The summed E-state index contributed by atoms with van der Waals surface area (Å²) in [7, 11) is 3.94. The summed E-state index contributed by atoms with van der Waals surface area (Å²) in [4.78, 5) is 9.92. The van der Waals surface area contributed by atoms with E-state index in [1.165, 1.54) is 102 Å². The molecule has 652 valence electrons. The van der Waals surface area contributed by atoms with Gasteiger partial charge in [0.1, 0.15) is 121 Å². The van der Waals surface area contributed by atoms with Crippen molar-refractivity contribution in [2.75, 3.05) is 200 Å². The van der Waals surface area contributed by atoms with Crippen LogP contribution in [0, 0.1) is 20.8 Å². The molecule has 2 N–H and O–H groups in total. The van der Waals surface area contributed by atoms with Crippen molar-refractivity contribution >= 4 is 109 Å². The average molecular weight is 1790 g/mol. The van der Waals surface area contributed by atoms with Gasteiger partial charge in [-0.1, -0.05) is 105 Å². The molecule has 7 saturated heterocycles. The molecular weight excluding hydrogens is 1670 g/mol. The molecule has 0 aliphatic carbocycles. The minimum absolute atomic E-state index is 0.0853. The Morgan fingerprint density at radius 2 is 0.669 bits per heavy atom. The molecule has 0 atom stereocenters. The van der Waals surface area contributed by atoms with Crippen LogP contribution in [0.5, 0.6) is 28.7 Å². The predicted octanol–water partition coefficient (Wildman–Crippen LogP) is 19.1. The fourth-order valence-electron chi connectivity index (χ4n) is 14.8. The monoisotopic (exact) mass is 1790 g/mol. The first kappa shape index (κ1) is 95.6. The number of halogens is 3. The van der Waals surface area contributed by atoms with Gasteiger partial charge in [0.2, 0.25) is 0 Å². The van der Waals surface area contributed by atoms with Gasteiger partial charge < -0.3 is 62.3 Å². The number of aryl methyl sites for hydroxylation is 3. The smallest absolute Gasteiger partial charge is 0.422 e. The number of hydrogen-bond donors (Lipinski definition) is 2. The Labute approximate surface area is 737 Å². The molecule has 0 amide bonds. The van der Waals surface area contributed by atoms with Gasteiger partial charge in [0.05, 0.1) is 99.1 Å². The van der Waals surface area contributed by atoms with Gasteiger partial charge in [-0.15, -0.1) is 0 Å². The number of methoxy groups -OCH3 is 1. The molecule has 0 saturated carbocycles. The third-order valence-corrected chi connectivity index (χ3v) is 37.0. The van der Waals surface area contributed by atoms with Crippen LogP contribution < -0.4 is 14.2 Å². The highest BCUT2D eigenvalue weighted by Gasteiger charge is 2.35. The number of rotatable bonds is 14. The number of phenols is 2. The second-order valence-electron chi connectivity index (χ2n) is 31.9. The molecule has 0 unspecified atom stereocenters. The van der Waals surface area contributed by atoms with Crippen molar-refractivity contribution in [2.45, 2.75) is 114 Å². The molecule has 10 aromatic carbocycles. The van der Waals surface area contributed by atoms with Crippen molar-refractivity contribution in [3.05, 3.63) is 216 Å². The van der Waals surface area contributed by atoms with Crippen molar-refractivity contribution in [3.8, 4) is 28.7 Å². The molecule has 7 heterocycles. The minimum atomic E-state index is -4.33.